The third-order valence-electron chi connectivity index (χ3n) is 2.70. The first-order chi connectivity index (χ1) is 9.47. The number of amides is 1. The number of halogens is 1. The zero-order chi connectivity index (χ0) is 14.7. The second-order valence-corrected chi connectivity index (χ2v) is 4.24. The van der Waals surface area contributed by atoms with Crippen LogP contribution >= 0.6 is 0 Å². The van der Waals surface area contributed by atoms with E-state index in [1.807, 2.05) is 0 Å². The van der Waals surface area contributed by atoms with E-state index in [1.54, 1.807) is 13.0 Å². The number of nitrogens with zero attached hydrogens (tertiary/aromatic N) is 1. The summed E-state index contributed by atoms with van der Waals surface area (Å²) in [6.45, 7) is 1.76. The number of hydrogen-bond acceptors (Lipinski definition) is 3. The number of aryl methyl sites for hydroxylation is 1. The molecule has 0 heterocycles. The van der Waals surface area contributed by atoms with Gasteiger partial charge in [-0.3, -0.25) is 14.9 Å². The van der Waals surface area contributed by atoms with Gasteiger partial charge in [0.1, 0.15) is 11.5 Å². The molecule has 0 bridgehead atoms. The summed E-state index contributed by atoms with van der Waals surface area (Å²) < 4.78 is 12.8. The number of nitro groups is 1. The quantitative estimate of drug-likeness (QED) is 0.689. The third-order valence-corrected chi connectivity index (χ3v) is 2.70. The molecule has 0 aromatic heterocycles. The van der Waals surface area contributed by atoms with Crippen LogP contribution in [-0.4, -0.2) is 10.8 Å². The Bertz CT molecular complexity index is 669. The molecule has 0 spiro atoms. The van der Waals surface area contributed by atoms with Gasteiger partial charge >= 0.3 is 0 Å². The highest BCUT2D eigenvalue weighted by molar-refractivity contribution is 6.05. The molecule has 0 unspecified atom stereocenters. The van der Waals surface area contributed by atoms with Gasteiger partial charge in [0.25, 0.3) is 11.6 Å². The van der Waals surface area contributed by atoms with Gasteiger partial charge in [-0.2, -0.15) is 0 Å². The summed E-state index contributed by atoms with van der Waals surface area (Å²) in [6, 6.07) is 9.36. The highest BCUT2D eigenvalue weighted by atomic mass is 19.1. The molecule has 0 aliphatic heterocycles. The molecule has 0 aliphatic carbocycles. The van der Waals surface area contributed by atoms with E-state index in [0.29, 0.717) is 0 Å². The average Bonchev–Trinajstić information content (AvgIpc) is 2.39. The number of carbonyl (C=O) groups is 1. The maximum atomic E-state index is 12.8. The van der Waals surface area contributed by atoms with Crippen LogP contribution in [0.15, 0.2) is 42.5 Å². The van der Waals surface area contributed by atoms with Gasteiger partial charge in [-0.15, -0.1) is 0 Å². The van der Waals surface area contributed by atoms with Gasteiger partial charge in [0.2, 0.25) is 0 Å². The van der Waals surface area contributed by atoms with Crippen LogP contribution in [0.5, 0.6) is 0 Å². The summed E-state index contributed by atoms with van der Waals surface area (Å²) >= 11 is 0. The SMILES string of the molecule is Cc1ccc([N+](=O)[O-])c(NC(=O)c2ccc(F)cc2)c1. The number of nitrogens with one attached hydrogen (secondary N) is 1. The molecule has 0 radical (unpaired) electrons. The van der Waals surface area contributed by atoms with Gasteiger partial charge in [0.15, 0.2) is 0 Å². The Morgan fingerprint density at radius 3 is 2.45 bits per heavy atom. The number of benzene rings is 2. The average molecular weight is 274 g/mol. The summed E-state index contributed by atoms with van der Waals surface area (Å²) in [6.07, 6.45) is 0. The Labute approximate surface area is 114 Å². The normalized spacial score (nSPS) is 10.1. The maximum absolute atomic E-state index is 12.8. The second-order valence-electron chi connectivity index (χ2n) is 4.24. The Kier molecular flexibility index (Phi) is 3.74. The molecular formula is C14H11FN2O3. The van der Waals surface area contributed by atoms with Crippen molar-refractivity contribution in [2.75, 3.05) is 5.32 Å². The van der Waals surface area contributed by atoms with Crippen LogP contribution in [0, 0.1) is 22.9 Å². The topological polar surface area (TPSA) is 72.2 Å². The Balaban J connectivity index is 2.29. The molecule has 2 aromatic rings. The van der Waals surface area contributed by atoms with E-state index in [2.05, 4.69) is 5.32 Å². The first-order valence-corrected chi connectivity index (χ1v) is 5.79. The maximum Gasteiger partial charge on any atom is 0.292 e. The van der Waals surface area contributed by atoms with E-state index in [1.165, 1.54) is 24.3 Å². The first kappa shape index (κ1) is 13.7. The van der Waals surface area contributed by atoms with Crippen LogP contribution in [-0.2, 0) is 0 Å². The van der Waals surface area contributed by atoms with Crippen LogP contribution in [0.2, 0.25) is 0 Å². The molecule has 0 atom stereocenters. The fourth-order valence-electron chi connectivity index (χ4n) is 1.70. The lowest BCUT2D eigenvalue weighted by molar-refractivity contribution is -0.383. The molecule has 5 nitrogen and oxygen atoms in total. The molecule has 6 heteroatoms. The minimum atomic E-state index is -0.570. The number of carbonyl (C=O) groups excluding carboxylic acids is 1. The fraction of sp³-hybridized carbons (Fsp3) is 0.0714. The molecule has 1 amide bonds. The summed E-state index contributed by atoms with van der Waals surface area (Å²) in [5.41, 5.74) is 0.933. The molecule has 0 saturated carbocycles. The molecule has 102 valence electrons. The van der Waals surface area contributed by atoms with Crippen LogP contribution in [0.4, 0.5) is 15.8 Å². The smallest absolute Gasteiger partial charge is 0.292 e. The molecular weight excluding hydrogens is 263 g/mol. The van der Waals surface area contributed by atoms with Crippen molar-refractivity contribution in [1.82, 2.24) is 0 Å². The summed E-state index contributed by atoms with van der Waals surface area (Å²) in [5.74, 6) is -0.984. The van der Waals surface area contributed by atoms with Crippen LogP contribution in [0.3, 0.4) is 0 Å². The Hall–Kier alpha value is -2.76. The molecule has 1 N–H and O–H groups in total. The molecule has 20 heavy (non-hydrogen) atoms. The van der Waals surface area contributed by atoms with E-state index in [9.17, 15) is 19.3 Å². The highest BCUT2D eigenvalue weighted by Gasteiger charge is 2.16. The van der Waals surface area contributed by atoms with Gasteiger partial charge in [-0.1, -0.05) is 6.07 Å². The second kappa shape index (κ2) is 5.48. The van der Waals surface area contributed by atoms with Crippen LogP contribution in [0.1, 0.15) is 15.9 Å². The number of anilines is 1. The Morgan fingerprint density at radius 2 is 1.85 bits per heavy atom. The molecule has 0 saturated heterocycles. The summed E-state index contributed by atoms with van der Waals surface area (Å²) in [5, 5.41) is 13.4. The van der Waals surface area contributed by atoms with Crippen LogP contribution in [0.25, 0.3) is 0 Å². The summed E-state index contributed by atoms with van der Waals surface area (Å²) in [7, 11) is 0. The van der Waals surface area contributed by atoms with Crippen molar-refractivity contribution in [1.29, 1.82) is 0 Å². The van der Waals surface area contributed by atoms with Gasteiger partial charge in [-0.25, -0.2) is 4.39 Å². The molecule has 0 fully saturated rings. The van der Waals surface area contributed by atoms with Crippen molar-refractivity contribution in [3.8, 4) is 0 Å². The van der Waals surface area contributed by atoms with Crippen molar-refractivity contribution < 1.29 is 14.1 Å². The molecule has 2 rings (SSSR count). The van der Waals surface area contributed by atoms with Gasteiger partial charge in [0, 0.05) is 11.6 Å². The first-order valence-electron chi connectivity index (χ1n) is 5.79. The van der Waals surface area contributed by atoms with Crippen molar-refractivity contribution in [3.63, 3.8) is 0 Å². The van der Waals surface area contributed by atoms with E-state index in [-0.39, 0.29) is 16.9 Å². The van der Waals surface area contributed by atoms with Crippen molar-refractivity contribution in [2.24, 2.45) is 0 Å². The van der Waals surface area contributed by atoms with E-state index < -0.39 is 16.6 Å². The lowest BCUT2D eigenvalue weighted by Crippen LogP contribution is -2.13. The van der Waals surface area contributed by atoms with E-state index >= 15 is 0 Å². The fourth-order valence-corrected chi connectivity index (χ4v) is 1.70. The molecule has 0 aliphatic rings. The minimum Gasteiger partial charge on any atom is -0.316 e. The third kappa shape index (κ3) is 2.97. The lowest BCUT2D eigenvalue weighted by atomic mass is 10.1. The Morgan fingerprint density at radius 1 is 1.20 bits per heavy atom. The number of nitro benzene ring substituents is 1. The summed E-state index contributed by atoms with van der Waals surface area (Å²) in [4.78, 5) is 22.3. The van der Waals surface area contributed by atoms with Crippen LogP contribution < -0.4 is 5.32 Å². The zero-order valence-corrected chi connectivity index (χ0v) is 10.6. The predicted octanol–water partition coefficient (Wildman–Crippen LogP) is 3.29. The monoisotopic (exact) mass is 274 g/mol. The van der Waals surface area contributed by atoms with Crippen molar-refractivity contribution >= 4 is 17.3 Å². The molecule has 2 aromatic carbocycles. The largest absolute Gasteiger partial charge is 0.316 e. The minimum absolute atomic E-state index is 0.115. The zero-order valence-electron chi connectivity index (χ0n) is 10.6. The lowest BCUT2D eigenvalue weighted by Gasteiger charge is -2.07. The van der Waals surface area contributed by atoms with Gasteiger partial charge in [-0.05, 0) is 42.8 Å². The van der Waals surface area contributed by atoms with E-state index in [0.717, 1.165) is 17.7 Å². The van der Waals surface area contributed by atoms with Gasteiger partial charge < -0.3 is 5.32 Å². The standard InChI is InChI=1S/C14H11FN2O3/c1-9-2-7-13(17(19)20)12(8-9)16-14(18)10-3-5-11(15)6-4-10/h2-8H,1H3,(H,16,18). The van der Waals surface area contributed by atoms with Gasteiger partial charge in [0.05, 0.1) is 4.92 Å². The van der Waals surface area contributed by atoms with Crippen molar-refractivity contribution in [3.05, 3.63) is 69.5 Å². The highest BCUT2D eigenvalue weighted by Crippen LogP contribution is 2.25. The number of hydrogen-bond donors (Lipinski definition) is 1. The van der Waals surface area contributed by atoms with Crippen molar-refractivity contribution in [2.45, 2.75) is 6.92 Å². The predicted molar refractivity (Wildman–Crippen MR) is 72.2 cm³/mol. The van der Waals surface area contributed by atoms with E-state index in [4.69, 9.17) is 0 Å². The number of rotatable bonds is 3.